The van der Waals surface area contributed by atoms with Crippen molar-refractivity contribution in [2.75, 3.05) is 6.54 Å². The maximum Gasteiger partial charge on any atom is 0.261 e. The number of rotatable bonds is 12. The van der Waals surface area contributed by atoms with E-state index in [4.69, 9.17) is 11.6 Å². The number of carbonyl (C=O) groups is 4. The van der Waals surface area contributed by atoms with Gasteiger partial charge in [-0.1, -0.05) is 73.1 Å². The molecule has 0 saturated heterocycles. The molecule has 0 radical (unpaired) electrons. The van der Waals surface area contributed by atoms with E-state index in [9.17, 15) is 19.2 Å². The van der Waals surface area contributed by atoms with Crippen LogP contribution in [0.3, 0.4) is 0 Å². The van der Waals surface area contributed by atoms with Gasteiger partial charge in [-0.2, -0.15) is 0 Å². The Morgan fingerprint density at radius 2 is 1.52 bits per heavy atom. The minimum atomic E-state index is -0.762. The Bertz CT molecular complexity index is 1340. The summed E-state index contributed by atoms with van der Waals surface area (Å²) in [6, 6.07) is 22.7. The van der Waals surface area contributed by atoms with Gasteiger partial charge < -0.3 is 10.2 Å². The fraction of sp³-hybridized carbons (Fsp3) is 0.312. The van der Waals surface area contributed by atoms with Crippen molar-refractivity contribution in [3.63, 3.8) is 0 Å². The molecular formula is C32H34ClN3O4. The van der Waals surface area contributed by atoms with E-state index in [1.165, 1.54) is 4.90 Å². The summed E-state index contributed by atoms with van der Waals surface area (Å²) in [6.07, 6.45) is 1.44. The number of fused-ring (bicyclic) bond motifs is 1. The summed E-state index contributed by atoms with van der Waals surface area (Å²) in [5.74, 6) is -1.16. The smallest absolute Gasteiger partial charge is 0.261 e. The van der Waals surface area contributed by atoms with Crippen molar-refractivity contribution in [2.45, 2.75) is 58.2 Å². The number of hydrogen-bond acceptors (Lipinski definition) is 4. The molecule has 3 aromatic carbocycles. The van der Waals surface area contributed by atoms with Crippen LogP contribution in [-0.2, 0) is 22.6 Å². The van der Waals surface area contributed by atoms with Crippen LogP contribution in [0.1, 0.15) is 65.0 Å². The molecule has 1 aliphatic rings. The number of nitrogens with zero attached hydrogens (tertiary/aromatic N) is 2. The van der Waals surface area contributed by atoms with Crippen molar-refractivity contribution < 1.29 is 19.2 Å². The third-order valence-electron chi connectivity index (χ3n) is 7.16. The normalized spacial score (nSPS) is 14.0. The second-order valence-electron chi connectivity index (χ2n) is 10.1. The Hall–Kier alpha value is -3.97. The van der Waals surface area contributed by atoms with Crippen LogP contribution in [0, 0.1) is 0 Å². The van der Waals surface area contributed by atoms with Gasteiger partial charge >= 0.3 is 0 Å². The molecule has 0 fully saturated rings. The molecule has 1 N–H and O–H groups in total. The van der Waals surface area contributed by atoms with Crippen LogP contribution < -0.4 is 5.32 Å². The third kappa shape index (κ3) is 6.96. The van der Waals surface area contributed by atoms with E-state index in [-0.39, 0.29) is 55.6 Å². The molecule has 3 aromatic rings. The van der Waals surface area contributed by atoms with Crippen molar-refractivity contribution in [2.24, 2.45) is 0 Å². The minimum Gasteiger partial charge on any atom is -0.352 e. The van der Waals surface area contributed by atoms with Gasteiger partial charge in [0, 0.05) is 37.0 Å². The van der Waals surface area contributed by atoms with E-state index in [0.29, 0.717) is 22.6 Å². The number of imide groups is 1. The van der Waals surface area contributed by atoms with E-state index < -0.39 is 6.04 Å². The van der Waals surface area contributed by atoms with Gasteiger partial charge in [0.05, 0.1) is 11.1 Å². The van der Waals surface area contributed by atoms with E-state index in [1.807, 2.05) is 56.3 Å². The maximum atomic E-state index is 13.8. The summed E-state index contributed by atoms with van der Waals surface area (Å²) in [7, 11) is 0. The lowest BCUT2D eigenvalue weighted by molar-refractivity contribution is -0.141. The number of nitrogens with one attached hydrogen (secondary N) is 1. The number of halogens is 1. The van der Waals surface area contributed by atoms with E-state index in [2.05, 4.69) is 5.32 Å². The quantitative estimate of drug-likeness (QED) is 0.306. The van der Waals surface area contributed by atoms with Crippen molar-refractivity contribution in [1.82, 2.24) is 15.1 Å². The first-order chi connectivity index (χ1) is 19.3. The van der Waals surface area contributed by atoms with Crippen LogP contribution in [0.15, 0.2) is 78.9 Å². The highest BCUT2D eigenvalue weighted by Crippen LogP contribution is 2.23. The predicted molar refractivity (Wildman–Crippen MR) is 155 cm³/mol. The van der Waals surface area contributed by atoms with Crippen LogP contribution in [0.25, 0.3) is 0 Å². The van der Waals surface area contributed by atoms with Crippen LogP contribution in [-0.4, -0.2) is 52.1 Å². The highest BCUT2D eigenvalue weighted by molar-refractivity contribution is 6.30. The minimum absolute atomic E-state index is 0.0530. The first-order valence-electron chi connectivity index (χ1n) is 13.6. The largest absolute Gasteiger partial charge is 0.352 e. The van der Waals surface area contributed by atoms with Gasteiger partial charge in [0.15, 0.2) is 0 Å². The zero-order valence-corrected chi connectivity index (χ0v) is 23.6. The Morgan fingerprint density at radius 1 is 0.900 bits per heavy atom. The molecule has 8 heteroatoms. The molecule has 7 nitrogen and oxygen atoms in total. The highest BCUT2D eigenvalue weighted by atomic mass is 35.5. The molecule has 4 amide bonds. The summed E-state index contributed by atoms with van der Waals surface area (Å²) in [5.41, 5.74) is 2.49. The Kier molecular flexibility index (Phi) is 9.72. The van der Waals surface area contributed by atoms with Crippen LogP contribution in [0.2, 0.25) is 5.02 Å². The molecular weight excluding hydrogens is 526 g/mol. The molecule has 0 saturated carbocycles. The molecule has 0 aliphatic carbocycles. The lowest BCUT2D eigenvalue weighted by Gasteiger charge is -2.32. The zero-order chi connectivity index (χ0) is 28.6. The average molecular weight is 560 g/mol. The summed E-state index contributed by atoms with van der Waals surface area (Å²) >= 11 is 6.24. The molecule has 40 heavy (non-hydrogen) atoms. The molecule has 0 aromatic heterocycles. The molecule has 2 atom stereocenters. The molecule has 1 heterocycles. The second-order valence-corrected chi connectivity index (χ2v) is 10.5. The Labute approximate surface area is 240 Å². The van der Waals surface area contributed by atoms with Gasteiger partial charge in [-0.25, -0.2) is 0 Å². The molecule has 208 valence electrons. The van der Waals surface area contributed by atoms with Crippen LogP contribution >= 0.6 is 11.6 Å². The van der Waals surface area contributed by atoms with Crippen molar-refractivity contribution in [1.29, 1.82) is 0 Å². The van der Waals surface area contributed by atoms with Crippen molar-refractivity contribution in [3.8, 4) is 0 Å². The van der Waals surface area contributed by atoms with Crippen LogP contribution in [0.4, 0.5) is 0 Å². The summed E-state index contributed by atoms with van der Waals surface area (Å²) in [6.45, 7) is 4.23. The van der Waals surface area contributed by atoms with E-state index in [1.54, 1.807) is 41.3 Å². The fourth-order valence-electron chi connectivity index (χ4n) is 4.80. The van der Waals surface area contributed by atoms with E-state index >= 15 is 0 Å². The molecule has 0 spiro atoms. The topological polar surface area (TPSA) is 86.8 Å². The van der Waals surface area contributed by atoms with Gasteiger partial charge in [-0.15, -0.1) is 0 Å². The highest BCUT2D eigenvalue weighted by Gasteiger charge is 2.35. The lowest BCUT2D eigenvalue weighted by atomic mass is 10.0. The SMILES string of the molecule is CC[C@@H](C)NC(=O)[C@@H](Cc1ccccc1)N(Cc1cccc(Cl)c1)C(=O)CCCN1C(=O)c2ccccc2C1=O. The van der Waals surface area contributed by atoms with Crippen molar-refractivity contribution >= 4 is 35.2 Å². The maximum absolute atomic E-state index is 13.8. The monoisotopic (exact) mass is 559 g/mol. The van der Waals surface area contributed by atoms with Gasteiger partial charge in [0.25, 0.3) is 11.8 Å². The second kappa shape index (κ2) is 13.4. The molecule has 0 bridgehead atoms. The standard InChI is InChI=1S/C32H34ClN3O4/c1-3-22(2)34-30(38)28(20-23-11-5-4-6-12-23)36(21-24-13-9-14-25(33)19-24)29(37)17-10-18-35-31(39)26-15-7-8-16-27(26)32(35)40/h4-9,11-16,19,22,28H,3,10,17-18,20-21H2,1-2H3,(H,34,38)/t22-,28-/m1/s1. The summed E-state index contributed by atoms with van der Waals surface area (Å²) in [4.78, 5) is 55.7. The predicted octanol–water partition coefficient (Wildman–Crippen LogP) is 5.27. The Balaban J connectivity index is 1.55. The lowest BCUT2D eigenvalue weighted by Crippen LogP contribution is -2.52. The van der Waals surface area contributed by atoms with Gasteiger partial charge in [0.1, 0.15) is 6.04 Å². The Morgan fingerprint density at radius 3 is 2.15 bits per heavy atom. The van der Waals surface area contributed by atoms with Gasteiger partial charge in [0.2, 0.25) is 11.8 Å². The fourth-order valence-corrected chi connectivity index (χ4v) is 5.01. The van der Waals surface area contributed by atoms with Crippen molar-refractivity contribution in [3.05, 3.63) is 106 Å². The zero-order valence-electron chi connectivity index (χ0n) is 22.8. The van der Waals surface area contributed by atoms with E-state index in [0.717, 1.165) is 17.5 Å². The molecule has 1 aliphatic heterocycles. The van der Waals surface area contributed by atoms with Gasteiger partial charge in [-0.3, -0.25) is 24.1 Å². The van der Waals surface area contributed by atoms with Gasteiger partial charge in [-0.05, 0) is 55.2 Å². The van der Waals surface area contributed by atoms with Crippen LogP contribution in [0.5, 0.6) is 0 Å². The molecule has 4 rings (SSSR count). The first-order valence-corrected chi connectivity index (χ1v) is 14.0. The third-order valence-corrected chi connectivity index (χ3v) is 7.40. The first kappa shape index (κ1) is 29.0. The molecule has 0 unspecified atom stereocenters. The number of amides is 4. The summed E-state index contributed by atoms with van der Waals surface area (Å²) in [5, 5.41) is 3.59. The average Bonchev–Trinajstić information content (AvgIpc) is 3.20. The number of benzene rings is 3. The number of carbonyl (C=O) groups excluding carboxylic acids is 4. The number of hydrogen-bond donors (Lipinski definition) is 1. The summed E-state index contributed by atoms with van der Waals surface area (Å²) < 4.78 is 0.